The fraction of sp³-hybridized carbons (Fsp3) is 0.342. The van der Waals surface area contributed by atoms with Gasteiger partial charge in [0.1, 0.15) is 5.75 Å². The van der Waals surface area contributed by atoms with Crippen LogP contribution in [0.4, 0.5) is 0 Å². The lowest BCUT2D eigenvalue weighted by Gasteiger charge is -2.39. The molecule has 2 N–H and O–H groups in total. The SMILES string of the molecule is COCCCOc1cc(C)ccc1COC1CN(C(=O)Cc2ccc(CON(O)O)cc2)CCC1c1cccc(-c2ccccc2)c1. The molecule has 2 unspecified atom stereocenters. The summed E-state index contributed by atoms with van der Waals surface area (Å²) < 4.78 is 18.0. The standard InChI is InChI=1S/C38H44N2O7/c1-28-12-17-34(36(22-28)45-21-7-20-44-2)27-46-37-25-39(38(41)23-29-13-15-30(16-14-29)26-47-40(42)43)19-18-35(37)33-11-6-10-32(24-33)31-8-4-3-5-9-31/h3-6,8-17,22,24,35,37,42-43H,7,18-21,23,25-27H2,1-2H3. The number of likely N-dealkylation sites (tertiary alicyclic amines) is 1. The maximum atomic E-state index is 13.6. The summed E-state index contributed by atoms with van der Waals surface area (Å²) in [5.41, 5.74) is 7.23. The molecule has 0 aromatic heterocycles. The van der Waals surface area contributed by atoms with E-state index in [1.807, 2.05) is 48.2 Å². The van der Waals surface area contributed by atoms with Crippen molar-refractivity contribution in [3.8, 4) is 16.9 Å². The Hall–Kier alpha value is -4.09. The molecule has 1 aliphatic heterocycles. The van der Waals surface area contributed by atoms with Crippen LogP contribution in [0.25, 0.3) is 11.1 Å². The Morgan fingerprint density at radius 3 is 2.40 bits per heavy atom. The zero-order chi connectivity index (χ0) is 33.0. The average molecular weight is 641 g/mol. The van der Waals surface area contributed by atoms with Crippen molar-refractivity contribution in [2.75, 3.05) is 33.4 Å². The van der Waals surface area contributed by atoms with E-state index >= 15 is 0 Å². The molecule has 9 nitrogen and oxygen atoms in total. The number of benzene rings is 4. The maximum Gasteiger partial charge on any atom is 0.227 e. The first kappa shape index (κ1) is 34.3. The molecule has 0 bridgehead atoms. The second kappa shape index (κ2) is 17.2. The topological polar surface area (TPSA) is 101 Å². The molecule has 1 amide bonds. The van der Waals surface area contributed by atoms with Gasteiger partial charge in [-0.1, -0.05) is 91.0 Å². The first-order chi connectivity index (χ1) is 22.9. The molecule has 0 spiro atoms. The van der Waals surface area contributed by atoms with Gasteiger partial charge < -0.3 is 19.1 Å². The van der Waals surface area contributed by atoms with Crippen molar-refractivity contribution < 1.29 is 34.3 Å². The lowest BCUT2D eigenvalue weighted by atomic mass is 9.85. The molecule has 0 radical (unpaired) electrons. The van der Waals surface area contributed by atoms with Crippen molar-refractivity contribution in [1.29, 1.82) is 0 Å². The van der Waals surface area contributed by atoms with E-state index in [0.29, 0.717) is 32.9 Å². The Balaban J connectivity index is 1.32. The molecule has 1 heterocycles. The van der Waals surface area contributed by atoms with Gasteiger partial charge in [-0.05, 0) is 52.8 Å². The van der Waals surface area contributed by atoms with Crippen LogP contribution >= 0.6 is 0 Å². The minimum absolute atomic E-state index is 0.000123. The van der Waals surface area contributed by atoms with Crippen molar-refractivity contribution >= 4 is 5.91 Å². The van der Waals surface area contributed by atoms with E-state index in [0.717, 1.165) is 52.0 Å². The van der Waals surface area contributed by atoms with E-state index in [9.17, 15) is 4.79 Å². The first-order valence-electron chi connectivity index (χ1n) is 16.0. The van der Waals surface area contributed by atoms with Crippen LogP contribution < -0.4 is 4.74 Å². The minimum Gasteiger partial charge on any atom is -0.493 e. The zero-order valence-corrected chi connectivity index (χ0v) is 27.1. The Labute approximate surface area is 276 Å². The second-order valence-corrected chi connectivity index (χ2v) is 11.9. The number of rotatable bonds is 15. The Morgan fingerprint density at radius 1 is 0.872 bits per heavy atom. The van der Waals surface area contributed by atoms with Gasteiger partial charge >= 0.3 is 0 Å². The van der Waals surface area contributed by atoms with Crippen LogP contribution in [0.2, 0.25) is 0 Å². The van der Waals surface area contributed by atoms with E-state index < -0.39 is 0 Å². The largest absolute Gasteiger partial charge is 0.493 e. The van der Waals surface area contributed by atoms with E-state index in [4.69, 9.17) is 24.6 Å². The van der Waals surface area contributed by atoms with Gasteiger partial charge in [0.25, 0.3) is 0 Å². The van der Waals surface area contributed by atoms with Gasteiger partial charge in [0.2, 0.25) is 5.91 Å². The Bertz CT molecular complexity index is 1560. The molecule has 248 valence electrons. The third-order valence-corrected chi connectivity index (χ3v) is 8.48. The summed E-state index contributed by atoms with van der Waals surface area (Å²) in [6, 6.07) is 32.5. The van der Waals surface area contributed by atoms with Crippen molar-refractivity contribution in [3.05, 3.63) is 125 Å². The van der Waals surface area contributed by atoms with Gasteiger partial charge in [0.15, 0.2) is 0 Å². The van der Waals surface area contributed by atoms with Gasteiger partial charge in [-0.25, -0.2) is 4.84 Å². The van der Waals surface area contributed by atoms with Crippen LogP contribution in [-0.4, -0.2) is 66.1 Å². The Kier molecular flexibility index (Phi) is 12.5. The minimum atomic E-state index is -0.312. The summed E-state index contributed by atoms with van der Waals surface area (Å²) in [5.74, 6) is 0.955. The maximum absolute atomic E-state index is 13.6. The lowest BCUT2D eigenvalue weighted by Crippen LogP contribution is -2.47. The summed E-state index contributed by atoms with van der Waals surface area (Å²) in [5, 5.41) is 17.3. The predicted molar refractivity (Wildman–Crippen MR) is 178 cm³/mol. The van der Waals surface area contributed by atoms with E-state index in [1.54, 1.807) is 19.2 Å². The molecule has 1 fully saturated rings. The molecule has 2 atom stereocenters. The van der Waals surface area contributed by atoms with Crippen LogP contribution in [0.1, 0.15) is 46.6 Å². The highest BCUT2D eigenvalue weighted by atomic mass is 17.1. The quantitative estimate of drug-likeness (QED) is 0.109. The van der Waals surface area contributed by atoms with Crippen LogP contribution in [0.3, 0.4) is 0 Å². The summed E-state index contributed by atoms with van der Waals surface area (Å²) in [6.07, 6.45) is 1.61. The zero-order valence-electron chi connectivity index (χ0n) is 27.1. The number of amides is 1. The summed E-state index contributed by atoms with van der Waals surface area (Å²) in [7, 11) is 1.69. The van der Waals surface area contributed by atoms with Gasteiger partial charge in [-0.3, -0.25) is 15.2 Å². The lowest BCUT2D eigenvalue weighted by molar-refractivity contribution is -0.497. The third kappa shape index (κ3) is 9.95. The van der Waals surface area contributed by atoms with Gasteiger partial charge in [0.05, 0.1) is 37.7 Å². The van der Waals surface area contributed by atoms with Crippen LogP contribution in [0.5, 0.6) is 5.75 Å². The van der Waals surface area contributed by atoms with Crippen molar-refractivity contribution in [2.24, 2.45) is 0 Å². The molecule has 4 aromatic rings. The fourth-order valence-electron chi connectivity index (χ4n) is 5.94. The van der Waals surface area contributed by atoms with Crippen LogP contribution in [-0.2, 0) is 38.7 Å². The smallest absolute Gasteiger partial charge is 0.227 e. The number of methoxy groups -OCH3 is 1. The van der Waals surface area contributed by atoms with Crippen molar-refractivity contribution in [3.63, 3.8) is 0 Å². The number of ether oxygens (including phenoxy) is 3. The molecule has 9 heteroatoms. The van der Waals surface area contributed by atoms with Crippen LogP contribution in [0, 0.1) is 6.92 Å². The monoisotopic (exact) mass is 640 g/mol. The van der Waals surface area contributed by atoms with Crippen molar-refractivity contribution in [1.82, 2.24) is 10.3 Å². The van der Waals surface area contributed by atoms with Gasteiger partial charge in [0, 0.05) is 44.7 Å². The molecule has 1 aliphatic rings. The predicted octanol–water partition coefficient (Wildman–Crippen LogP) is 6.73. The molecule has 0 saturated carbocycles. The van der Waals surface area contributed by atoms with Crippen molar-refractivity contribution in [2.45, 2.75) is 51.4 Å². The highest BCUT2D eigenvalue weighted by Crippen LogP contribution is 2.34. The number of carbonyl (C=O) groups is 1. The number of hydrogen-bond donors (Lipinski definition) is 2. The summed E-state index contributed by atoms with van der Waals surface area (Å²) >= 11 is 0. The highest BCUT2D eigenvalue weighted by molar-refractivity contribution is 5.79. The van der Waals surface area contributed by atoms with E-state index in [1.165, 1.54) is 5.56 Å². The van der Waals surface area contributed by atoms with Gasteiger partial charge in [-0.15, -0.1) is 0 Å². The highest BCUT2D eigenvalue weighted by Gasteiger charge is 2.33. The van der Waals surface area contributed by atoms with E-state index in [2.05, 4.69) is 53.4 Å². The first-order valence-corrected chi connectivity index (χ1v) is 16.0. The molecule has 5 rings (SSSR count). The second-order valence-electron chi connectivity index (χ2n) is 11.9. The Morgan fingerprint density at radius 2 is 1.64 bits per heavy atom. The van der Waals surface area contributed by atoms with Crippen LogP contribution in [0.15, 0.2) is 97.1 Å². The normalized spacial score (nSPS) is 16.4. The molecule has 47 heavy (non-hydrogen) atoms. The average Bonchev–Trinajstić information content (AvgIpc) is 3.09. The molecule has 0 aliphatic carbocycles. The molecular weight excluding hydrogens is 596 g/mol. The summed E-state index contributed by atoms with van der Waals surface area (Å²) in [6.45, 7) is 4.71. The number of nitrogens with zero attached hydrogens (tertiary/aromatic N) is 2. The molecular formula is C38H44N2O7. The van der Waals surface area contributed by atoms with E-state index in [-0.39, 0.29) is 36.3 Å². The fourth-order valence-corrected chi connectivity index (χ4v) is 5.94. The number of carbonyl (C=O) groups excluding carboxylic acids is 1. The summed E-state index contributed by atoms with van der Waals surface area (Å²) in [4.78, 5) is 20.2. The number of aryl methyl sites for hydroxylation is 1. The number of piperidine rings is 1. The molecule has 1 saturated heterocycles. The van der Waals surface area contributed by atoms with Gasteiger partial charge in [-0.2, -0.15) is 0 Å². The number of hydrogen-bond acceptors (Lipinski definition) is 8. The molecule has 4 aromatic carbocycles. The third-order valence-electron chi connectivity index (χ3n) is 8.48.